The molecule has 7 heteroatoms. The van der Waals surface area contributed by atoms with E-state index in [1.807, 2.05) is 23.9 Å². The molecule has 1 aliphatic heterocycles. The summed E-state index contributed by atoms with van der Waals surface area (Å²) < 4.78 is 0. The highest BCUT2D eigenvalue weighted by Crippen LogP contribution is 2.14. The quantitative estimate of drug-likeness (QED) is 0.726. The SMILES string of the molecule is CC(C)C[C@H](N)C(=O)Nc1ccc(CCN2CCSCC2)cc1.Cl.Cl. The second-order valence-corrected chi connectivity index (χ2v) is 7.85. The van der Waals surface area contributed by atoms with E-state index in [1.165, 1.54) is 30.2 Å². The molecule has 0 saturated carbocycles. The van der Waals surface area contributed by atoms with Crippen LogP contribution in [-0.2, 0) is 11.2 Å². The summed E-state index contributed by atoms with van der Waals surface area (Å²) in [5, 5.41) is 2.90. The summed E-state index contributed by atoms with van der Waals surface area (Å²) in [5.41, 5.74) is 8.05. The summed E-state index contributed by atoms with van der Waals surface area (Å²) in [7, 11) is 0. The monoisotopic (exact) mass is 407 g/mol. The van der Waals surface area contributed by atoms with E-state index in [0.29, 0.717) is 12.3 Å². The van der Waals surface area contributed by atoms with Crippen LogP contribution >= 0.6 is 36.6 Å². The van der Waals surface area contributed by atoms with Gasteiger partial charge in [-0.05, 0) is 36.5 Å². The van der Waals surface area contributed by atoms with Crippen LogP contribution in [0.2, 0.25) is 0 Å². The van der Waals surface area contributed by atoms with E-state index in [0.717, 1.165) is 18.7 Å². The number of nitrogens with zero attached hydrogens (tertiary/aromatic N) is 1. The number of hydrogen-bond donors (Lipinski definition) is 2. The Morgan fingerprint density at radius 3 is 2.36 bits per heavy atom. The largest absolute Gasteiger partial charge is 0.325 e. The lowest BCUT2D eigenvalue weighted by Gasteiger charge is -2.26. The summed E-state index contributed by atoms with van der Waals surface area (Å²) >= 11 is 2.04. The molecule has 0 spiro atoms. The van der Waals surface area contributed by atoms with Crippen LogP contribution in [0.25, 0.3) is 0 Å². The second kappa shape index (κ2) is 12.8. The number of rotatable bonds is 7. The number of benzene rings is 1. The van der Waals surface area contributed by atoms with Gasteiger partial charge in [-0.3, -0.25) is 4.79 Å². The lowest BCUT2D eigenvalue weighted by atomic mass is 10.0. The summed E-state index contributed by atoms with van der Waals surface area (Å²) in [5.74, 6) is 2.83. The zero-order chi connectivity index (χ0) is 16.7. The van der Waals surface area contributed by atoms with Crippen LogP contribution < -0.4 is 11.1 Å². The van der Waals surface area contributed by atoms with Gasteiger partial charge >= 0.3 is 0 Å². The number of nitrogens with one attached hydrogen (secondary N) is 1. The molecule has 144 valence electrons. The zero-order valence-electron chi connectivity index (χ0n) is 15.1. The van der Waals surface area contributed by atoms with E-state index in [1.54, 1.807) is 0 Å². The number of hydrogen-bond acceptors (Lipinski definition) is 4. The van der Waals surface area contributed by atoms with Gasteiger partial charge < -0.3 is 16.0 Å². The summed E-state index contributed by atoms with van der Waals surface area (Å²) in [6, 6.07) is 7.71. The van der Waals surface area contributed by atoms with Crippen molar-refractivity contribution < 1.29 is 4.79 Å². The van der Waals surface area contributed by atoms with Gasteiger partial charge in [0.05, 0.1) is 6.04 Å². The van der Waals surface area contributed by atoms with Crippen molar-refractivity contribution in [3.63, 3.8) is 0 Å². The maximum Gasteiger partial charge on any atom is 0.241 e. The van der Waals surface area contributed by atoms with Gasteiger partial charge in [0.25, 0.3) is 0 Å². The summed E-state index contributed by atoms with van der Waals surface area (Å²) in [4.78, 5) is 14.5. The van der Waals surface area contributed by atoms with Crippen molar-refractivity contribution in [2.45, 2.75) is 32.7 Å². The Kier molecular flexibility index (Phi) is 12.6. The first kappa shape index (κ1) is 24.5. The van der Waals surface area contributed by atoms with Gasteiger partial charge in [0.15, 0.2) is 0 Å². The minimum atomic E-state index is -0.438. The van der Waals surface area contributed by atoms with Crippen LogP contribution in [0.15, 0.2) is 24.3 Å². The fourth-order valence-corrected chi connectivity index (χ4v) is 3.70. The smallest absolute Gasteiger partial charge is 0.241 e. The Bertz CT molecular complexity index is 494. The highest BCUT2D eigenvalue weighted by molar-refractivity contribution is 7.99. The molecule has 1 atom stereocenters. The van der Waals surface area contributed by atoms with Gasteiger partial charge in [-0.25, -0.2) is 0 Å². The maximum absolute atomic E-state index is 12.0. The van der Waals surface area contributed by atoms with Crippen LogP contribution in [0.3, 0.4) is 0 Å². The average molecular weight is 408 g/mol. The second-order valence-electron chi connectivity index (χ2n) is 6.63. The number of thioether (sulfide) groups is 1. The molecule has 2 rings (SSSR count). The first-order valence-corrected chi connectivity index (χ1v) is 9.65. The molecule has 1 heterocycles. The number of amides is 1. The predicted molar refractivity (Wildman–Crippen MR) is 114 cm³/mol. The molecule has 0 aliphatic carbocycles. The molecule has 1 aromatic rings. The van der Waals surface area contributed by atoms with Crippen LogP contribution in [0.5, 0.6) is 0 Å². The molecule has 0 aromatic heterocycles. The fraction of sp³-hybridized carbons (Fsp3) is 0.611. The van der Waals surface area contributed by atoms with Crippen LogP contribution in [0, 0.1) is 5.92 Å². The molecule has 0 radical (unpaired) electrons. The molecule has 1 saturated heterocycles. The molecule has 3 N–H and O–H groups in total. The van der Waals surface area contributed by atoms with Crippen LogP contribution in [-0.4, -0.2) is 48.0 Å². The molecule has 1 amide bonds. The number of anilines is 1. The van der Waals surface area contributed by atoms with E-state index in [2.05, 4.69) is 36.2 Å². The van der Waals surface area contributed by atoms with Gasteiger partial charge in [0.1, 0.15) is 0 Å². The number of halogens is 2. The van der Waals surface area contributed by atoms with Gasteiger partial charge in [-0.1, -0.05) is 26.0 Å². The van der Waals surface area contributed by atoms with E-state index in [-0.39, 0.29) is 30.7 Å². The molecular formula is C18H31Cl2N3OS. The molecule has 25 heavy (non-hydrogen) atoms. The van der Waals surface area contributed by atoms with Crippen molar-refractivity contribution in [2.75, 3.05) is 36.5 Å². The molecule has 1 fully saturated rings. The summed E-state index contributed by atoms with van der Waals surface area (Å²) in [6.07, 6.45) is 1.77. The number of carbonyl (C=O) groups is 1. The maximum atomic E-state index is 12.0. The Morgan fingerprint density at radius 2 is 1.80 bits per heavy atom. The third-order valence-electron chi connectivity index (χ3n) is 4.10. The van der Waals surface area contributed by atoms with Gasteiger partial charge in [-0.2, -0.15) is 11.8 Å². The minimum Gasteiger partial charge on any atom is -0.325 e. The van der Waals surface area contributed by atoms with Crippen molar-refractivity contribution in [1.82, 2.24) is 4.90 Å². The highest BCUT2D eigenvalue weighted by atomic mass is 35.5. The third kappa shape index (κ3) is 9.15. The molecule has 1 aliphatic rings. The zero-order valence-corrected chi connectivity index (χ0v) is 17.5. The van der Waals surface area contributed by atoms with E-state index in [4.69, 9.17) is 5.73 Å². The Hall–Kier alpha value is -0.460. The van der Waals surface area contributed by atoms with Crippen molar-refractivity contribution in [2.24, 2.45) is 11.7 Å². The van der Waals surface area contributed by atoms with Crippen molar-refractivity contribution in [3.05, 3.63) is 29.8 Å². The molecule has 0 bridgehead atoms. The van der Waals surface area contributed by atoms with E-state index < -0.39 is 6.04 Å². The topological polar surface area (TPSA) is 58.4 Å². The van der Waals surface area contributed by atoms with Gasteiger partial charge in [-0.15, -0.1) is 24.8 Å². The normalized spacial score (nSPS) is 15.8. The lowest BCUT2D eigenvalue weighted by molar-refractivity contribution is -0.117. The van der Waals surface area contributed by atoms with Crippen molar-refractivity contribution in [3.8, 4) is 0 Å². The van der Waals surface area contributed by atoms with Crippen molar-refractivity contribution >= 4 is 48.2 Å². The highest BCUT2D eigenvalue weighted by Gasteiger charge is 2.15. The molecule has 1 aromatic carbocycles. The number of nitrogens with two attached hydrogens (primary N) is 1. The molecule has 0 unspecified atom stereocenters. The fourth-order valence-electron chi connectivity index (χ4n) is 2.72. The standard InChI is InChI=1S/C18H29N3OS.2ClH/c1-14(2)13-17(19)18(22)20-16-5-3-15(4-6-16)7-8-21-9-11-23-12-10-21;;/h3-6,14,17H,7-13,19H2,1-2H3,(H,20,22);2*1H/t17-;;/m0../s1. The Morgan fingerprint density at radius 1 is 1.20 bits per heavy atom. The van der Waals surface area contributed by atoms with Crippen molar-refractivity contribution in [1.29, 1.82) is 0 Å². The Labute approximate surface area is 168 Å². The minimum absolute atomic E-state index is 0. The van der Waals surface area contributed by atoms with Gasteiger partial charge in [0, 0.05) is 36.8 Å². The van der Waals surface area contributed by atoms with E-state index >= 15 is 0 Å². The summed E-state index contributed by atoms with van der Waals surface area (Å²) in [6.45, 7) is 7.66. The number of carbonyl (C=O) groups excluding carboxylic acids is 1. The van der Waals surface area contributed by atoms with Crippen LogP contribution in [0.1, 0.15) is 25.8 Å². The first-order chi connectivity index (χ1) is 11.0. The Balaban J connectivity index is 0.00000288. The van der Waals surface area contributed by atoms with Crippen LogP contribution in [0.4, 0.5) is 5.69 Å². The third-order valence-corrected chi connectivity index (χ3v) is 5.05. The average Bonchev–Trinajstić information content (AvgIpc) is 2.54. The first-order valence-electron chi connectivity index (χ1n) is 8.50. The van der Waals surface area contributed by atoms with Gasteiger partial charge in [0.2, 0.25) is 5.91 Å². The molecular weight excluding hydrogens is 377 g/mol. The lowest BCUT2D eigenvalue weighted by Crippen LogP contribution is -2.36. The molecule has 4 nitrogen and oxygen atoms in total. The van der Waals surface area contributed by atoms with E-state index in [9.17, 15) is 4.79 Å². The predicted octanol–water partition coefficient (Wildman–Crippen LogP) is 3.43.